The van der Waals surface area contributed by atoms with Crippen molar-refractivity contribution in [1.29, 1.82) is 0 Å². The van der Waals surface area contributed by atoms with Crippen molar-refractivity contribution < 1.29 is 14.1 Å². The molecule has 0 radical (unpaired) electrons. The average Bonchev–Trinajstić information content (AvgIpc) is 3.03. The summed E-state index contributed by atoms with van der Waals surface area (Å²) in [4.78, 5) is 11.6. The number of hydrogen-bond donors (Lipinski definition) is 1. The standard InChI is InChI=1S/C19H20N4O3/c1-3-7-17(24)20-16-10-11-18(22-21-16)25-12-15-13(2)26-23-19(15)14-8-5-4-6-9-14/h4-6,8-11H,3,7,12H2,1-2H3,(H,20,21,24). The van der Waals surface area contributed by atoms with Gasteiger partial charge < -0.3 is 14.6 Å². The maximum Gasteiger partial charge on any atom is 0.233 e. The first-order valence-electron chi connectivity index (χ1n) is 8.44. The molecule has 0 saturated heterocycles. The molecule has 3 rings (SSSR count). The third kappa shape index (κ3) is 4.24. The van der Waals surface area contributed by atoms with E-state index in [1.807, 2.05) is 44.2 Å². The molecule has 0 aliphatic heterocycles. The normalized spacial score (nSPS) is 10.5. The highest BCUT2D eigenvalue weighted by Gasteiger charge is 2.15. The first-order valence-corrected chi connectivity index (χ1v) is 8.44. The summed E-state index contributed by atoms with van der Waals surface area (Å²) in [6.45, 7) is 4.05. The molecular weight excluding hydrogens is 332 g/mol. The maximum atomic E-state index is 11.6. The second-order valence-corrected chi connectivity index (χ2v) is 5.78. The number of anilines is 1. The molecule has 0 spiro atoms. The summed E-state index contributed by atoms with van der Waals surface area (Å²) in [6, 6.07) is 13.1. The second kappa shape index (κ2) is 8.24. The molecule has 7 heteroatoms. The summed E-state index contributed by atoms with van der Waals surface area (Å²) < 4.78 is 11.0. The van der Waals surface area contributed by atoms with Crippen molar-refractivity contribution in [1.82, 2.24) is 15.4 Å². The van der Waals surface area contributed by atoms with Crippen molar-refractivity contribution in [2.75, 3.05) is 5.32 Å². The lowest BCUT2D eigenvalue weighted by Gasteiger charge is -2.07. The Morgan fingerprint density at radius 1 is 1.15 bits per heavy atom. The molecule has 1 amide bonds. The van der Waals surface area contributed by atoms with E-state index < -0.39 is 0 Å². The Bertz CT molecular complexity index is 860. The van der Waals surface area contributed by atoms with Gasteiger partial charge >= 0.3 is 0 Å². The van der Waals surface area contributed by atoms with E-state index in [4.69, 9.17) is 9.26 Å². The van der Waals surface area contributed by atoms with Crippen LogP contribution in [0.2, 0.25) is 0 Å². The zero-order valence-electron chi connectivity index (χ0n) is 14.7. The van der Waals surface area contributed by atoms with Crippen LogP contribution in [0, 0.1) is 6.92 Å². The van der Waals surface area contributed by atoms with Gasteiger partial charge in [0.2, 0.25) is 11.8 Å². The fourth-order valence-electron chi connectivity index (χ4n) is 2.43. The second-order valence-electron chi connectivity index (χ2n) is 5.78. The molecule has 1 aromatic carbocycles. The van der Waals surface area contributed by atoms with Gasteiger partial charge in [-0.3, -0.25) is 4.79 Å². The third-order valence-electron chi connectivity index (χ3n) is 3.78. The molecule has 0 aliphatic rings. The Hall–Kier alpha value is -3.22. The number of ether oxygens (including phenoxy) is 1. The minimum atomic E-state index is -0.0805. The fourth-order valence-corrected chi connectivity index (χ4v) is 2.43. The van der Waals surface area contributed by atoms with Gasteiger partial charge in [-0.25, -0.2) is 0 Å². The summed E-state index contributed by atoms with van der Waals surface area (Å²) >= 11 is 0. The molecule has 0 saturated carbocycles. The predicted octanol–water partition coefficient (Wildman–Crippen LogP) is 3.76. The first-order chi connectivity index (χ1) is 12.7. The summed E-state index contributed by atoms with van der Waals surface area (Å²) in [7, 11) is 0. The van der Waals surface area contributed by atoms with Crippen LogP contribution in [0.5, 0.6) is 5.88 Å². The molecule has 7 nitrogen and oxygen atoms in total. The lowest BCUT2D eigenvalue weighted by Crippen LogP contribution is -2.12. The van der Waals surface area contributed by atoms with Gasteiger partial charge in [-0.05, 0) is 19.4 Å². The highest BCUT2D eigenvalue weighted by Crippen LogP contribution is 2.26. The molecule has 1 N–H and O–H groups in total. The molecule has 0 atom stereocenters. The van der Waals surface area contributed by atoms with Crippen LogP contribution in [0.15, 0.2) is 47.0 Å². The zero-order valence-corrected chi connectivity index (χ0v) is 14.7. The van der Waals surface area contributed by atoms with Crippen LogP contribution in [-0.4, -0.2) is 21.3 Å². The number of nitrogens with zero attached hydrogens (tertiary/aromatic N) is 3. The largest absolute Gasteiger partial charge is 0.472 e. The molecule has 3 aromatic rings. The van der Waals surface area contributed by atoms with E-state index >= 15 is 0 Å². The Kier molecular flexibility index (Phi) is 5.58. The first kappa shape index (κ1) is 17.6. The van der Waals surface area contributed by atoms with Crippen molar-refractivity contribution >= 4 is 11.7 Å². The lowest BCUT2D eigenvalue weighted by molar-refractivity contribution is -0.116. The van der Waals surface area contributed by atoms with Crippen molar-refractivity contribution in [2.45, 2.75) is 33.3 Å². The van der Waals surface area contributed by atoms with E-state index in [0.29, 0.717) is 23.9 Å². The number of carbonyl (C=O) groups is 1. The molecule has 26 heavy (non-hydrogen) atoms. The number of rotatable bonds is 7. The van der Waals surface area contributed by atoms with Crippen molar-refractivity contribution in [3.8, 4) is 17.1 Å². The molecule has 134 valence electrons. The van der Waals surface area contributed by atoms with Gasteiger partial charge in [0.1, 0.15) is 18.1 Å². The Morgan fingerprint density at radius 3 is 2.65 bits per heavy atom. The Labute approximate surface area is 151 Å². The average molecular weight is 352 g/mol. The summed E-state index contributed by atoms with van der Waals surface area (Å²) in [5.74, 6) is 1.38. The van der Waals surface area contributed by atoms with Gasteiger partial charge in [0, 0.05) is 18.1 Å². The fraction of sp³-hybridized carbons (Fsp3) is 0.263. The summed E-state index contributed by atoms with van der Waals surface area (Å²) in [5.41, 5.74) is 2.57. The molecule has 0 unspecified atom stereocenters. The number of aromatic nitrogens is 3. The molecular formula is C19H20N4O3. The zero-order chi connectivity index (χ0) is 18.4. The minimum absolute atomic E-state index is 0.0805. The molecule has 0 bridgehead atoms. The number of benzene rings is 1. The highest BCUT2D eigenvalue weighted by atomic mass is 16.5. The van der Waals surface area contributed by atoms with Crippen molar-refractivity contribution in [3.63, 3.8) is 0 Å². The topological polar surface area (TPSA) is 90.1 Å². The van der Waals surface area contributed by atoms with Crippen LogP contribution in [0.25, 0.3) is 11.3 Å². The van der Waals surface area contributed by atoms with Crippen LogP contribution in [-0.2, 0) is 11.4 Å². The Balaban J connectivity index is 1.66. The summed E-state index contributed by atoms with van der Waals surface area (Å²) in [6.07, 6.45) is 1.23. The van der Waals surface area contributed by atoms with Gasteiger partial charge in [0.25, 0.3) is 0 Å². The maximum absolute atomic E-state index is 11.6. The Morgan fingerprint density at radius 2 is 1.96 bits per heavy atom. The number of amides is 1. The minimum Gasteiger partial charge on any atom is -0.472 e. The van der Waals surface area contributed by atoms with E-state index in [-0.39, 0.29) is 12.5 Å². The highest BCUT2D eigenvalue weighted by molar-refractivity contribution is 5.89. The van der Waals surface area contributed by atoms with Gasteiger partial charge in [0.15, 0.2) is 5.82 Å². The SMILES string of the molecule is CCCC(=O)Nc1ccc(OCc2c(-c3ccccc3)noc2C)nn1. The predicted molar refractivity (Wildman–Crippen MR) is 96.6 cm³/mol. The van der Waals surface area contributed by atoms with E-state index in [1.165, 1.54) is 0 Å². The van der Waals surface area contributed by atoms with Gasteiger partial charge in [-0.1, -0.05) is 42.4 Å². The van der Waals surface area contributed by atoms with Gasteiger partial charge in [-0.15, -0.1) is 10.2 Å². The van der Waals surface area contributed by atoms with Crippen LogP contribution < -0.4 is 10.1 Å². The third-order valence-corrected chi connectivity index (χ3v) is 3.78. The summed E-state index contributed by atoms with van der Waals surface area (Å²) in [5, 5.41) is 14.8. The van der Waals surface area contributed by atoms with Gasteiger partial charge in [-0.2, -0.15) is 0 Å². The monoisotopic (exact) mass is 352 g/mol. The number of carbonyl (C=O) groups excluding carboxylic acids is 1. The molecule has 0 fully saturated rings. The van der Waals surface area contributed by atoms with E-state index in [0.717, 1.165) is 23.2 Å². The smallest absolute Gasteiger partial charge is 0.233 e. The van der Waals surface area contributed by atoms with E-state index in [2.05, 4.69) is 20.7 Å². The van der Waals surface area contributed by atoms with E-state index in [9.17, 15) is 4.79 Å². The molecule has 2 aromatic heterocycles. The molecule has 2 heterocycles. The van der Waals surface area contributed by atoms with Gasteiger partial charge in [0.05, 0.1) is 5.56 Å². The van der Waals surface area contributed by atoms with Crippen LogP contribution in [0.4, 0.5) is 5.82 Å². The number of nitrogens with one attached hydrogen (secondary N) is 1. The molecule has 0 aliphatic carbocycles. The quantitative estimate of drug-likeness (QED) is 0.696. The number of hydrogen-bond acceptors (Lipinski definition) is 6. The van der Waals surface area contributed by atoms with Crippen molar-refractivity contribution in [2.24, 2.45) is 0 Å². The van der Waals surface area contributed by atoms with Crippen LogP contribution >= 0.6 is 0 Å². The number of aryl methyl sites for hydroxylation is 1. The lowest BCUT2D eigenvalue weighted by atomic mass is 10.1. The van der Waals surface area contributed by atoms with Crippen LogP contribution in [0.3, 0.4) is 0 Å². The van der Waals surface area contributed by atoms with E-state index in [1.54, 1.807) is 12.1 Å². The van der Waals surface area contributed by atoms with Crippen molar-refractivity contribution in [3.05, 3.63) is 53.8 Å². The van der Waals surface area contributed by atoms with Crippen LogP contribution in [0.1, 0.15) is 31.1 Å².